The van der Waals surface area contributed by atoms with Crippen molar-refractivity contribution in [2.45, 2.75) is 44.8 Å². The molecule has 6 atom stereocenters. The number of rotatable bonds is 1. The number of hydrogen-bond donors (Lipinski definition) is 2. The van der Waals surface area contributed by atoms with Gasteiger partial charge in [-0.25, -0.2) is 4.79 Å². The zero-order valence-electron chi connectivity index (χ0n) is 11.3. The van der Waals surface area contributed by atoms with Gasteiger partial charge in [-0.2, -0.15) is 0 Å². The van der Waals surface area contributed by atoms with E-state index in [1.54, 1.807) is 0 Å². The molecule has 3 rings (SSSR count). The molecule has 0 aromatic carbocycles. The zero-order valence-corrected chi connectivity index (χ0v) is 11.3. The van der Waals surface area contributed by atoms with E-state index >= 15 is 0 Å². The highest BCUT2D eigenvalue weighted by Crippen LogP contribution is 2.57. The van der Waals surface area contributed by atoms with Gasteiger partial charge in [-0.15, -0.1) is 0 Å². The molecule has 2 aliphatic carbocycles. The molecule has 19 heavy (non-hydrogen) atoms. The summed E-state index contributed by atoms with van der Waals surface area (Å²) in [6.45, 7) is 6.03. The molecule has 2 N–H and O–H groups in total. The van der Waals surface area contributed by atoms with E-state index in [9.17, 15) is 15.0 Å². The fourth-order valence-electron chi connectivity index (χ4n) is 4.58. The maximum atomic E-state index is 11.7. The summed E-state index contributed by atoms with van der Waals surface area (Å²) in [5, 5.41) is 20.0. The van der Waals surface area contributed by atoms with Crippen LogP contribution in [-0.2, 0) is 9.53 Å². The van der Waals surface area contributed by atoms with E-state index in [4.69, 9.17) is 4.74 Å². The lowest BCUT2D eigenvalue weighted by Gasteiger charge is -2.54. The van der Waals surface area contributed by atoms with Gasteiger partial charge in [0.25, 0.3) is 0 Å². The quantitative estimate of drug-likeness (QED) is 0.554. The van der Waals surface area contributed by atoms with Gasteiger partial charge in [-0.1, -0.05) is 13.5 Å². The number of aliphatic hydroxyl groups is 2. The van der Waals surface area contributed by atoms with Crippen molar-refractivity contribution < 1.29 is 19.7 Å². The predicted octanol–water partition coefficient (Wildman–Crippen LogP) is 1.26. The lowest BCUT2D eigenvalue weighted by molar-refractivity contribution is -0.171. The van der Waals surface area contributed by atoms with E-state index in [0.29, 0.717) is 5.57 Å². The number of carbonyl (C=O) groups excluding carboxylic acids is 1. The van der Waals surface area contributed by atoms with Crippen LogP contribution in [0.25, 0.3) is 0 Å². The molecule has 0 amide bonds. The van der Waals surface area contributed by atoms with Gasteiger partial charge in [0.2, 0.25) is 0 Å². The topological polar surface area (TPSA) is 66.8 Å². The molecule has 3 fully saturated rings. The summed E-state index contributed by atoms with van der Waals surface area (Å²) in [4.78, 5) is 11.7. The molecule has 3 aliphatic rings. The molecule has 1 heterocycles. The molecule has 4 nitrogen and oxygen atoms in total. The van der Waals surface area contributed by atoms with Gasteiger partial charge in [0.1, 0.15) is 6.10 Å². The van der Waals surface area contributed by atoms with Crippen molar-refractivity contribution in [2.24, 2.45) is 23.2 Å². The standard InChI is InChI=1S/C15H22O4/c1-8-10-5-6-15(2)11(17)4-3-9(7-16)12(15)13(10)19-14(8)18/h9-13,16-17H,1,3-7H2,2H3/t9-,10-,11+,12+,13-,15-/m0/s1. The molecule has 0 aromatic rings. The Kier molecular flexibility index (Phi) is 2.98. The molecule has 0 radical (unpaired) electrons. The molecule has 0 aromatic heterocycles. The summed E-state index contributed by atoms with van der Waals surface area (Å²) < 4.78 is 5.53. The van der Waals surface area contributed by atoms with Crippen molar-refractivity contribution in [2.75, 3.05) is 6.61 Å². The molecule has 0 spiro atoms. The van der Waals surface area contributed by atoms with Gasteiger partial charge in [0.15, 0.2) is 0 Å². The molecule has 1 saturated heterocycles. The van der Waals surface area contributed by atoms with E-state index in [0.717, 1.165) is 25.7 Å². The monoisotopic (exact) mass is 266 g/mol. The van der Waals surface area contributed by atoms with Crippen molar-refractivity contribution in [3.05, 3.63) is 12.2 Å². The van der Waals surface area contributed by atoms with E-state index < -0.39 is 0 Å². The van der Waals surface area contributed by atoms with Gasteiger partial charge in [0.05, 0.1) is 6.10 Å². The Morgan fingerprint density at radius 1 is 1.42 bits per heavy atom. The van der Waals surface area contributed by atoms with Crippen molar-refractivity contribution in [3.63, 3.8) is 0 Å². The molecule has 0 bridgehead atoms. The zero-order chi connectivity index (χ0) is 13.8. The Hall–Kier alpha value is -0.870. The fourth-order valence-corrected chi connectivity index (χ4v) is 4.58. The number of ether oxygens (including phenoxy) is 1. The minimum atomic E-state index is -0.367. The molecule has 2 saturated carbocycles. The van der Waals surface area contributed by atoms with Crippen molar-refractivity contribution in [3.8, 4) is 0 Å². The molecule has 106 valence electrons. The van der Waals surface area contributed by atoms with E-state index in [1.165, 1.54) is 0 Å². The Bertz CT molecular complexity index is 418. The van der Waals surface area contributed by atoms with Gasteiger partial charge in [-0.3, -0.25) is 0 Å². The summed E-state index contributed by atoms with van der Waals surface area (Å²) >= 11 is 0. The number of fused-ring (bicyclic) bond motifs is 3. The van der Waals surface area contributed by atoms with Crippen LogP contribution in [0.5, 0.6) is 0 Å². The maximum absolute atomic E-state index is 11.7. The van der Waals surface area contributed by atoms with Gasteiger partial charge < -0.3 is 14.9 Å². The first-order chi connectivity index (χ1) is 8.99. The fraction of sp³-hybridized carbons (Fsp3) is 0.800. The third-order valence-corrected chi connectivity index (χ3v) is 5.77. The minimum absolute atomic E-state index is 0.0446. The van der Waals surface area contributed by atoms with Crippen molar-refractivity contribution >= 4 is 5.97 Å². The lowest BCUT2D eigenvalue weighted by atomic mass is 9.52. The van der Waals surface area contributed by atoms with E-state index in [1.807, 2.05) is 0 Å². The van der Waals surface area contributed by atoms with Crippen molar-refractivity contribution in [1.82, 2.24) is 0 Å². The van der Waals surface area contributed by atoms with Gasteiger partial charge in [0, 0.05) is 29.4 Å². The Morgan fingerprint density at radius 3 is 2.84 bits per heavy atom. The van der Waals surface area contributed by atoms with Crippen LogP contribution in [0.15, 0.2) is 12.2 Å². The summed E-state index contributed by atoms with van der Waals surface area (Å²) in [5.41, 5.74) is 0.321. The average Bonchev–Trinajstić information content (AvgIpc) is 2.67. The SMILES string of the molecule is C=C1C(=O)O[C@@H]2[C@H]3[C@H](CO)CC[C@@H](O)[C@]3(C)CC[C@@H]12. The Morgan fingerprint density at radius 2 is 2.16 bits per heavy atom. The third-order valence-electron chi connectivity index (χ3n) is 5.77. The first kappa shape index (κ1) is 13.1. The van der Waals surface area contributed by atoms with Crippen LogP contribution >= 0.6 is 0 Å². The smallest absolute Gasteiger partial charge is 0.334 e. The molecular weight excluding hydrogens is 244 g/mol. The van der Waals surface area contributed by atoms with Crippen LogP contribution in [0.1, 0.15) is 32.6 Å². The second kappa shape index (κ2) is 4.32. The summed E-state index contributed by atoms with van der Waals surface area (Å²) in [6.07, 6.45) is 2.67. The summed E-state index contributed by atoms with van der Waals surface area (Å²) in [7, 11) is 0. The third kappa shape index (κ3) is 1.69. The van der Waals surface area contributed by atoms with Gasteiger partial charge in [-0.05, 0) is 31.6 Å². The highest BCUT2D eigenvalue weighted by atomic mass is 16.6. The van der Waals surface area contributed by atoms with Crippen LogP contribution in [0.4, 0.5) is 0 Å². The molecular formula is C15H22O4. The van der Waals surface area contributed by atoms with Crippen LogP contribution in [0.2, 0.25) is 0 Å². The highest BCUT2D eigenvalue weighted by molar-refractivity contribution is 5.90. The normalized spacial score (nSPS) is 49.5. The Balaban J connectivity index is 1.98. The Labute approximate surface area is 113 Å². The largest absolute Gasteiger partial charge is 0.458 e. The van der Waals surface area contributed by atoms with Crippen LogP contribution in [0.3, 0.4) is 0 Å². The van der Waals surface area contributed by atoms with Crippen LogP contribution < -0.4 is 0 Å². The maximum Gasteiger partial charge on any atom is 0.334 e. The van der Waals surface area contributed by atoms with Crippen LogP contribution in [-0.4, -0.2) is 35.0 Å². The van der Waals surface area contributed by atoms with Crippen molar-refractivity contribution in [1.29, 1.82) is 0 Å². The molecule has 1 aliphatic heterocycles. The van der Waals surface area contributed by atoms with E-state index in [2.05, 4.69) is 13.5 Å². The predicted molar refractivity (Wildman–Crippen MR) is 69.2 cm³/mol. The second-order valence-corrected chi connectivity index (χ2v) is 6.61. The number of hydrogen-bond acceptors (Lipinski definition) is 4. The first-order valence-electron chi connectivity index (χ1n) is 7.17. The van der Waals surface area contributed by atoms with Crippen LogP contribution in [0, 0.1) is 23.2 Å². The number of esters is 1. The summed E-state index contributed by atoms with van der Waals surface area (Å²) in [6, 6.07) is 0. The minimum Gasteiger partial charge on any atom is -0.458 e. The lowest BCUT2D eigenvalue weighted by Crippen LogP contribution is -2.56. The summed E-state index contributed by atoms with van der Waals surface area (Å²) in [5.74, 6) is -0.0657. The number of carbonyl (C=O) groups is 1. The average molecular weight is 266 g/mol. The first-order valence-corrected chi connectivity index (χ1v) is 7.17. The molecule has 4 heteroatoms. The second-order valence-electron chi connectivity index (χ2n) is 6.61. The highest BCUT2D eigenvalue weighted by Gasteiger charge is 2.59. The van der Waals surface area contributed by atoms with Gasteiger partial charge >= 0.3 is 5.97 Å². The van der Waals surface area contributed by atoms with E-state index in [-0.39, 0.29) is 48.0 Å². The number of aliphatic hydroxyl groups excluding tert-OH is 2. The molecule has 0 unspecified atom stereocenters.